The van der Waals surface area contributed by atoms with E-state index in [1.807, 2.05) is 19.1 Å². The minimum atomic E-state index is -3.65. The Bertz CT molecular complexity index is 583. The van der Waals surface area contributed by atoms with Gasteiger partial charge in [0, 0.05) is 0 Å². The highest BCUT2D eigenvalue weighted by molar-refractivity contribution is 7.86. The summed E-state index contributed by atoms with van der Waals surface area (Å²) in [7, 11) is -3.65. The van der Waals surface area contributed by atoms with Gasteiger partial charge in [0.1, 0.15) is 0 Å². The van der Waals surface area contributed by atoms with Crippen LogP contribution < -0.4 is 0 Å². The first-order valence-electron chi connectivity index (χ1n) is 11.0. The fourth-order valence-electron chi connectivity index (χ4n) is 3.71. The van der Waals surface area contributed by atoms with Crippen molar-refractivity contribution in [3.05, 3.63) is 29.8 Å². The molecule has 1 rings (SSSR count). The van der Waals surface area contributed by atoms with Gasteiger partial charge in [-0.3, -0.25) is 4.18 Å². The lowest BCUT2D eigenvalue weighted by atomic mass is 9.69. The summed E-state index contributed by atoms with van der Waals surface area (Å²) in [5.41, 5.74) is 1.47. The van der Waals surface area contributed by atoms with Crippen molar-refractivity contribution in [2.75, 3.05) is 6.61 Å². The molecule has 1 aromatic rings. The van der Waals surface area contributed by atoms with Gasteiger partial charge < -0.3 is 0 Å². The summed E-state index contributed by atoms with van der Waals surface area (Å²) in [5, 5.41) is 0. The zero-order chi connectivity index (χ0) is 20.2. The fraction of sp³-hybridized carbons (Fsp3) is 0.739. The van der Waals surface area contributed by atoms with E-state index in [4.69, 9.17) is 4.18 Å². The molecule has 0 aliphatic rings. The predicted octanol–water partition coefficient (Wildman–Crippen LogP) is 7.00. The van der Waals surface area contributed by atoms with Crippen LogP contribution >= 0.6 is 0 Å². The molecule has 156 valence electrons. The van der Waals surface area contributed by atoms with Gasteiger partial charge in [-0.2, -0.15) is 8.42 Å². The lowest BCUT2D eigenvalue weighted by molar-refractivity contribution is 0.307. The van der Waals surface area contributed by atoms with Crippen LogP contribution in [0.4, 0.5) is 0 Å². The smallest absolute Gasteiger partial charge is 0.266 e. The zero-order valence-corrected chi connectivity index (χ0v) is 18.7. The third kappa shape index (κ3) is 7.57. The summed E-state index contributed by atoms with van der Waals surface area (Å²) in [6.07, 6.45) is 12.4. The Morgan fingerprint density at radius 1 is 0.741 bits per heavy atom. The summed E-state index contributed by atoms with van der Waals surface area (Å²) in [5.74, 6) is 0. The monoisotopic (exact) mass is 396 g/mol. The molecule has 0 spiro atoms. The number of benzene rings is 1. The number of rotatable bonds is 15. The first-order chi connectivity index (χ1) is 13.0. The van der Waals surface area contributed by atoms with E-state index in [0.29, 0.717) is 0 Å². The number of hydrogen-bond donors (Lipinski definition) is 0. The Labute approximate surface area is 168 Å². The lowest BCUT2D eigenvalue weighted by Gasteiger charge is -2.35. The molecule has 4 heteroatoms. The minimum Gasteiger partial charge on any atom is -0.266 e. The summed E-state index contributed by atoms with van der Waals surface area (Å²) >= 11 is 0. The fourth-order valence-corrected chi connectivity index (χ4v) is 4.65. The molecule has 0 N–H and O–H groups in total. The molecule has 0 aliphatic carbocycles. The average Bonchev–Trinajstić information content (AvgIpc) is 2.68. The highest BCUT2D eigenvalue weighted by Gasteiger charge is 2.30. The SMILES string of the molecule is CCCCOS(=O)(=O)c1ccc(C(CCCC)(CCCC)CCCC)cc1. The first-order valence-corrected chi connectivity index (χ1v) is 12.4. The maximum Gasteiger partial charge on any atom is 0.296 e. The van der Waals surface area contributed by atoms with Crippen LogP contribution in [0.25, 0.3) is 0 Å². The van der Waals surface area contributed by atoms with E-state index in [-0.39, 0.29) is 16.9 Å². The highest BCUT2D eigenvalue weighted by Crippen LogP contribution is 2.40. The van der Waals surface area contributed by atoms with Crippen LogP contribution in [0.1, 0.15) is 104 Å². The highest BCUT2D eigenvalue weighted by atomic mass is 32.2. The van der Waals surface area contributed by atoms with Crippen molar-refractivity contribution in [3.63, 3.8) is 0 Å². The number of hydrogen-bond acceptors (Lipinski definition) is 3. The van der Waals surface area contributed by atoms with Crippen molar-refractivity contribution < 1.29 is 12.6 Å². The van der Waals surface area contributed by atoms with Gasteiger partial charge in [0.05, 0.1) is 11.5 Å². The van der Waals surface area contributed by atoms with Crippen molar-refractivity contribution >= 4 is 10.1 Å². The largest absolute Gasteiger partial charge is 0.296 e. The van der Waals surface area contributed by atoms with Crippen LogP contribution in [0.3, 0.4) is 0 Å². The second-order valence-electron chi connectivity index (χ2n) is 7.75. The van der Waals surface area contributed by atoms with E-state index in [1.165, 1.54) is 63.4 Å². The third-order valence-corrected chi connectivity index (χ3v) is 6.84. The van der Waals surface area contributed by atoms with Gasteiger partial charge in [0.15, 0.2) is 0 Å². The van der Waals surface area contributed by atoms with Crippen molar-refractivity contribution in [2.45, 2.75) is 109 Å². The Hall–Kier alpha value is -0.870. The molecule has 0 aliphatic heterocycles. The molecule has 0 atom stereocenters. The minimum absolute atomic E-state index is 0.174. The molecule has 0 amide bonds. The summed E-state index contributed by atoms with van der Waals surface area (Å²) in [6.45, 7) is 9.01. The zero-order valence-electron chi connectivity index (χ0n) is 17.9. The van der Waals surface area contributed by atoms with Gasteiger partial charge in [0.2, 0.25) is 0 Å². The molecule has 3 nitrogen and oxygen atoms in total. The van der Waals surface area contributed by atoms with Gasteiger partial charge in [-0.25, -0.2) is 0 Å². The van der Waals surface area contributed by atoms with Crippen LogP contribution in [-0.4, -0.2) is 15.0 Å². The summed E-state index contributed by atoms with van der Waals surface area (Å²) in [4.78, 5) is 0.276. The van der Waals surface area contributed by atoms with Gasteiger partial charge in [-0.1, -0.05) is 84.8 Å². The Kier molecular flexibility index (Phi) is 11.2. The Balaban J connectivity index is 3.10. The van der Waals surface area contributed by atoms with E-state index in [9.17, 15) is 8.42 Å². The summed E-state index contributed by atoms with van der Waals surface area (Å²) in [6, 6.07) is 7.57. The van der Waals surface area contributed by atoms with E-state index >= 15 is 0 Å². The second kappa shape index (κ2) is 12.6. The van der Waals surface area contributed by atoms with Crippen LogP contribution in [0.2, 0.25) is 0 Å². The molecule has 0 radical (unpaired) electrons. The maximum absolute atomic E-state index is 12.4. The van der Waals surface area contributed by atoms with E-state index in [0.717, 1.165) is 12.8 Å². The molecule has 0 heterocycles. The molecular formula is C23H40O3S. The molecule has 0 unspecified atom stereocenters. The second-order valence-corrected chi connectivity index (χ2v) is 9.36. The van der Waals surface area contributed by atoms with Crippen LogP contribution in [0.15, 0.2) is 29.2 Å². The molecule has 0 saturated carbocycles. The molecule has 0 saturated heterocycles. The normalized spacial score (nSPS) is 12.4. The third-order valence-electron chi connectivity index (χ3n) is 5.52. The molecular weight excluding hydrogens is 356 g/mol. The standard InChI is InChI=1S/C23H40O3S/c1-5-9-17-23(18-10-6-2,19-11-7-3)21-13-15-22(16-14-21)27(24,25)26-20-12-8-4/h13-16H,5-12,17-20H2,1-4H3. The van der Waals surface area contributed by atoms with Crippen LogP contribution in [0.5, 0.6) is 0 Å². The van der Waals surface area contributed by atoms with Gasteiger partial charge in [0.25, 0.3) is 10.1 Å². The van der Waals surface area contributed by atoms with E-state index in [2.05, 4.69) is 20.8 Å². The molecule has 0 aromatic heterocycles. The van der Waals surface area contributed by atoms with Gasteiger partial charge >= 0.3 is 0 Å². The van der Waals surface area contributed by atoms with Crippen molar-refractivity contribution in [1.29, 1.82) is 0 Å². The van der Waals surface area contributed by atoms with Crippen LogP contribution in [-0.2, 0) is 19.7 Å². The van der Waals surface area contributed by atoms with Gasteiger partial charge in [-0.15, -0.1) is 0 Å². The summed E-state index contributed by atoms with van der Waals surface area (Å²) < 4.78 is 29.9. The van der Waals surface area contributed by atoms with Crippen LogP contribution in [0, 0.1) is 0 Å². The van der Waals surface area contributed by atoms with Crippen molar-refractivity contribution in [2.24, 2.45) is 0 Å². The Morgan fingerprint density at radius 3 is 1.59 bits per heavy atom. The van der Waals surface area contributed by atoms with E-state index in [1.54, 1.807) is 12.1 Å². The Morgan fingerprint density at radius 2 is 1.19 bits per heavy atom. The topological polar surface area (TPSA) is 43.4 Å². The number of unbranched alkanes of at least 4 members (excludes halogenated alkanes) is 4. The molecule has 1 aromatic carbocycles. The van der Waals surface area contributed by atoms with Crippen molar-refractivity contribution in [3.8, 4) is 0 Å². The van der Waals surface area contributed by atoms with E-state index < -0.39 is 10.1 Å². The van der Waals surface area contributed by atoms with Gasteiger partial charge in [-0.05, 0) is 48.8 Å². The quantitative estimate of drug-likeness (QED) is 0.237. The molecule has 0 fully saturated rings. The predicted molar refractivity (Wildman–Crippen MR) is 115 cm³/mol. The molecule has 0 bridgehead atoms. The van der Waals surface area contributed by atoms with Crippen molar-refractivity contribution in [1.82, 2.24) is 0 Å². The first kappa shape index (κ1) is 24.2. The molecule has 27 heavy (non-hydrogen) atoms. The average molecular weight is 397 g/mol. The lowest BCUT2D eigenvalue weighted by Crippen LogP contribution is -2.26. The maximum atomic E-state index is 12.4.